The van der Waals surface area contributed by atoms with Crippen molar-refractivity contribution in [2.75, 3.05) is 0 Å². The molecule has 0 saturated heterocycles. The van der Waals surface area contributed by atoms with Crippen LogP contribution in [-0.4, -0.2) is 19.6 Å². The Kier molecular flexibility index (Phi) is 11.5. The predicted molar refractivity (Wildman–Crippen MR) is 298 cm³/mol. The van der Waals surface area contributed by atoms with Crippen molar-refractivity contribution in [3.8, 4) is 78.6 Å². The lowest BCUT2D eigenvalue weighted by molar-refractivity contribution is 0.466. The third kappa shape index (κ3) is 9.25. The molecule has 7 aromatic carbocycles. The smallest absolute Gasteiger partial charge is 0.149 e. The molecular weight excluding hydrogens is 851 g/mol. The van der Waals surface area contributed by atoms with E-state index in [1.165, 1.54) is 0 Å². The van der Waals surface area contributed by atoms with Crippen LogP contribution in [0.3, 0.4) is 0 Å². The number of aryl methyl sites for hydroxylation is 1. The first-order chi connectivity index (χ1) is 34.8. The second kappa shape index (κ2) is 18.7. The fraction of sp³-hybridized carbons (Fsp3) is 0.273. The largest absolute Gasteiger partial charge is 0.507 e. The standard InChI is InChI=1S/C66H69N3O/c1-40(2)44-25-27-45(28-26-44)47-31-32-67-58(39-47)51-34-50(35-52(36-51)65(8,9)10)54-22-18-24-60-62(54)68-64(56-38-49(41(3)4)37-55(42(5)6)63(56)70)69(60)59-30-29-48(33-43(59)7)61-53(46-19-15-14-16-20-46)21-17-23-57(61)66(11,12)13/h14-42,70H,1-13H3/i7D3,40D. The summed E-state index contributed by atoms with van der Waals surface area (Å²) >= 11 is 0. The number of para-hydroxylation sites is 1. The molecule has 4 heteroatoms. The zero-order valence-corrected chi connectivity index (χ0v) is 43.0. The summed E-state index contributed by atoms with van der Waals surface area (Å²) in [4.78, 5) is 10.5. The summed E-state index contributed by atoms with van der Waals surface area (Å²) in [6.07, 6.45) is 1.85. The van der Waals surface area contributed by atoms with Gasteiger partial charge in [0.25, 0.3) is 0 Å². The molecule has 9 aromatic rings. The molecule has 0 spiro atoms. The number of rotatable bonds is 10. The Labute approximate surface area is 422 Å². The van der Waals surface area contributed by atoms with Crippen molar-refractivity contribution < 1.29 is 10.6 Å². The Morgan fingerprint density at radius 3 is 1.93 bits per heavy atom. The molecule has 0 aliphatic carbocycles. The van der Waals surface area contributed by atoms with Crippen molar-refractivity contribution in [2.45, 2.75) is 118 Å². The molecule has 0 aliphatic heterocycles. The molecule has 4 nitrogen and oxygen atoms in total. The zero-order valence-electron chi connectivity index (χ0n) is 47.0. The molecule has 0 atom stereocenters. The number of fused-ring (bicyclic) bond motifs is 1. The Balaban J connectivity index is 1.32. The molecular formula is C66H69N3O. The molecule has 0 unspecified atom stereocenters. The van der Waals surface area contributed by atoms with Gasteiger partial charge in [-0.25, -0.2) is 4.98 Å². The van der Waals surface area contributed by atoms with E-state index in [4.69, 9.17) is 11.3 Å². The van der Waals surface area contributed by atoms with Gasteiger partial charge < -0.3 is 5.11 Å². The minimum atomic E-state index is -2.55. The summed E-state index contributed by atoms with van der Waals surface area (Å²) in [5.74, 6) is 0.0192. The molecule has 0 fully saturated rings. The first-order valence-electron chi connectivity index (χ1n) is 26.8. The van der Waals surface area contributed by atoms with Gasteiger partial charge in [0.05, 0.1) is 28.0 Å². The van der Waals surface area contributed by atoms with Gasteiger partial charge in [-0.3, -0.25) is 9.55 Å². The summed E-state index contributed by atoms with van der Waals surface area (Å²) in [7, 11) is 0. The second-order valence-electron chi connectivity index (χ2n) is 21.9. The molecule has 0 radical (unpaired) electrons. The van der Waals surface area contributed by atoms with Crippen LogP contribution in [0.5, 0.6) is 5.75 Å². The average Bonchev–Trinajstić information content (AvgIpc) is 3.74. The van der Waals surface area contributed by atoms with Crippen LogP contribution in [0.2, 0.25) is 0 Å². The molecule has 9 rings (SSSR count). The monoisotopic (exact) mass is 924 g/mol. The Morgan fingerprint density at radius 2 is 1.26 bits per heavy atom. The van der Waals surface area contributed by atoms with E-state index >= 15 is 0 Å². The molecule has 70 heavy (non-hydrogen) atoms. The highest BCUT2D eigenvalue weighted by Crippen LogP contribution is 2.45. The van der Waals surface area contributed by atoms with Crippen LogP contribution in [-0.2, 0) is 10.8 Å². The maximum atomic E-state index is 12.4. The van der Waals surface area contributed by atoms with E-state index in [2.05, 4.69) is 154 Å². The number of imidazole rings is 1. The molecule has 354 valence electrons. The second-order valence-corrected chi connectivity index (χ2v) is 21.9. The van der Waals surface area contributed by atoms with Crippen molar-refractivity contribution in [1.82, 2.24) is 14.5 Å². The maximum absolute atomic E-state index is 12.4. The van der Waals surface area contributed by atoms with Gasteiger partial charge in [-0.2, -0.15) is 0 Å². The third-order valence-electron chi connectivity index (χ3n) is 13.8. The molecule has 2 heterocycles. The van der Waals surface area contributed by atoms with E-state index in [0.29, 0.717) is 28.1 Å². The van der Waals surface area contributed by atoms with Crippen LogP contribution < -0.4 is 0 Å². The van der Waals surface area contributed by atoms with E-state index in [9.17, 15) is 9.22 Å². The third-order valence-corrected chi connectivity index (χ3v) is 13.8. The number of hydrogen-bond donors (Lipinski definition) is 1. The predicted octanol–water partition coefficient (Wildman–Crippen LogP) is 18.4. The number of nitrogens with zero attached hydrogens (tertiary/aromatic N) is 3. The van der Waals surface area contributed by atoms with Gasteiger partial charge in [-0.15, -0.1) is 0 Å². The summed E-state index contributed by atoms with van der Waals surface area (Å²) in [6, 6.07) is 51.7. The van der Waals surface area contributed by atoms with Crippen LogP contribution in [0.15, 0.2) is 158 Å². The van der Waals surface area contributed by atoms with Gasteiger partial charge in [0, 0.05) is 22.8 Å². The molecule has 2 aromatic heterocycles. The van der Waals surface area contributed by atoms with Gasteiger partial charge in [-0.05, 0) is 156 Å². The highest BCUT2D eigenvalue weighted by Gasteiger charge is 2.27. The van der Waals surface area contributed by atoms with Crippen LogP contribution in [0.4, 0.5) is 0 Å². The number of phenolic OH excluding ortho intramolecular Hbond substituents is 1. The SMILES string of the molecule is [2H]C([2H])([2H])c1cc(-c2c(-c3ccccc3)cccc2C(C)(C)C)ccc1-n1c(-c2cc(C(C)C)cc(C(C)C)c2O)nc2c(-c3cc(-c4cc(-c5ccc(C([2H])(C)C)cc5)ccn4)cc(C(C)(C)C)c3)cccc21. The first kappa shape index (κ1) is 43.0. The van der Waals surface area contributed by atoms with Crippen molar-refractivity contribution in [3.05, 3.63) is 191 Å². The fourth-order valence-corrected chi connectivity index (χ4v) is 9.74. The lowest BCUT2D eigenvalue weighted by Gasteiger charge is -2.26. The maximum Gasteiger partial charge on any atom is 0.149 e. The fourth-order valence-electron chi connectivity index (χ4n) is 9.74. The van der Waals surface area contributed by atoms with E-state index in [1.807, 2.05) is 91.3 Å². The number of hydrogen-bond acceptors (Lipinski definition) is 3. The van der Waals surface area contributed by atoms with Crippen LogP contribution in [0, 0.1) is 6.85 Å². The normalized spacial score (nSPS) is 13.4. The van der Waals surface area contributed by atoms with Gasteiger partial charge >= 0.3 is 0 Å². The van der Waals surface area contributed by atoms with Crippen molar-refractivity contribution in [2.24, 2.45) is 0 Å². The van der Waals surface area contributed by atoms with E-state index in [-0.39, 0.29) is 34.0 Å². The summed E-state index contributed by atoms with van der Waals surface area (Å²) in [6.45, 7) is 22.9. The molecule has 0 bridgehead atoms. The topological polar surface area (TPSA) is 50.9 Å². The summed E-state index contributed by atoms with van der Waals surface area (Å²) in [5, 5.41) is 12.4. The molecule has 0 amide bonds. The zero-order chi connectivity index (χ0) is 53.2. The molecule has 0 aliphatic rings. The summed E-state index contributed by atoms with van der Waals surface area (Å²) < 4.78 is 38.3. The van der Waals surface area contributed by atoms with Gasteiger partial charge in [-0.1, -0.05) is 186 Å². The van der Waals surface area contributed by atoms with Gasteiger partial charge in [0.1, 0.15) is 11.6 Å². The Hall–Kier alpha value is -7.04. The average molecular weight is 924 g/mol. The molecule has 0 saturated carbocycles. The lowest BCUT2D eigenvalue weighted by atomic mass is 9.78. The minimum Gasteiger partial charge on any atom is -0.507 e. The quantitative estimate of drug-likeness (QED) is 0.149. The Bertz CT molecular complexity index is 3550. The minimum absolute atomic E-state index is 0.000163. The van der Waals surface area contributed by atoms with Crippen LogP contribution in [0.25, 0.3) is 83.9 Å². The number of pyridine rings is 1. The Morgan fingerprint density at radius 1 is 0.557 bits per heavy atom. The number of aromatic nitrogens is 3. The number of aromatic hydroxyl groups is 1. The number of benzene rings is 7. The van der Waals surface area contributed by atoms with Crippen LogP contribution >= 0.6 is 0 Å². The number of phenols is 1. The highest BCUT2D eigenvalue weighted by atomic mass is 16.3. The van der Waals surface area contributed by atoms with E-state index in [1.54, 1.807) is 0 Å². The van der Waals surface area contributed by atoms with E-state index in [0.717, 1.165) is 83.6 Å². The first-order valence-corrected chi connectivity index (χ1v) is 24.8. The van der Waals surface area contributed by atoms with Crippen molar-refractivity contribution in [1.29, 1.82) is 0 Å². The lowest BCUT2D eigenvalue weighted by Crippen LogP contribution is -2.13. The van der Waals surface area contributed by atoms with Crippen molar-refractivity contribution in [3.63, 3.8) is 0 Å². The highest BCUT2D eigenvalue weighted by molar-refractivity contribution is 5.97. The summed E-state index contributed by atoms with van der Waals surface area (Å²) in [5.41, 5.74) is 16.6. The molecule has 1 N–H and O–H groups in total. The van der Waals surface area contributed by atoms with E-state index < -0.39 is 12.7 Å². The van der Waals surface area contributed by atoms with Crippen molar-refractivity contribution >= 4 is 11.0 Å². The van der Waals surface area contributed by atoms with Crippen LogP contribution in [0.1, 0.15) is 140 Å². The van der Waals surface area contributed by atoms with Gasteiger partial charge in [0.2, 0.25) is 0 Å². The van der Waals surface area contributed by atoms with Gasteiger partial charge in [0.15, 0.2) is 0 Å².